The van der Waals surface area contributed by atoms with E-state index in [9.17, 15) is 0 Å². The number of rotatable bonds is 5. The summed E-state index contributed by atoms with van der Waals surface area (Å²) >= 11 is 0. The van der Waals surface area contributed by atoms with Crippen LogP contribution in [0, 0.1) is 0 Å². The standard InChI is InChI=1S/C16H21N3/c1-4-13-5-7-15(8-6-13)19(3)12-14-9-10-18-16(11-14)17-2/h5-11H,4,12H2,1-3H3,(H,17,18). The second kappa shape index (κ2) is 6.23. The van der Waals surface area contributed by atoms with Gasteiger partial charge in [0.05, 0.1) is 0 Å². The molecule has 0 aliphatic carbocycles. The summed E-state index contributed by atoms with van der Waals surface area (Å²) in [5.41, 5.74) is 3.86. The molecule has 19 heavy (non-hydrogen) atoms. The number of hydrogen-bond donors (Lipinski definition) is 1. The number of benzene rings is 1. The van der Waals surface area contributed by atoms with Crippen LogP contribution in [0.5, 0.6) is 0 Å². The predicted molar refractivity (Wildman–Crippen MR) is 81.7 cm³/mol. The van der Waals surface area contributed by atoms with E-state index in [-0.39, 0.29) is 0 Å². The van der Waals surface area contributed by atoms with Gasteiger partial charge >= 0.3 is 0 Å². The monoisotopic (exact) mass is 255 g/mol. The number of anilines is 2. The molecule has 100 valence electrons. The molecule has 0 bridgehead atoms. The summed E-state index contributed by atoms with van der Waals surface area (Å²) < 4.78 is 0. The van der Waals surface area contributed by atoms with E-state index >= 15 is 0 Å². The molecule has 0 spiro atoms. The fraction of sp³-hybridized carbons (Fsp3) is 0.312. The van der Waals surface area contributed by atoms with Crippen molar-refractivity contribution >= 4 is 11.5 Å². The van der Waals surface area contributed by atoms with E-state index in [0.717, 1.165) is 18.8 Å². The van der Waals surface area contributed by atoms with Crippen molar-refractivity contribution in [2.75, 3.05) is 24.3 Å². The lowest BCUT2D eigenvalue weighted by atomic mass is 10.1. The Bertz CT molecular complexity index is 520. The van der Waals surface area contributed by atoms with Gasteiger partial charge in [-0.2, -0.15) is 0 Å². The Hall–Kier alpha value is -2.03. The molecule has 1 aromatic carbocycles. The van der Waals surface area contributed by atoms with Gasteiger partial charge in [0, 0.05) is 32.5 Å². The minimum absolute atomic E-state index is 0.878. The number of nitrogens with one attached hydrogen (secondary N) is 1. The first-order valence-corrected chi connectivity index (χ1v) is 6.65. The maximum absolute atomic E-state index is 4.23. The van der Waals surface area contributed by atoms with Crippen molar-refractivity contribution in [1.29, 1.82) is 0 Å². The van der Waals surface area contributed by atoms with E-state index in [4.69, 9.17) is 0 Å². The Morgan fingerprint density at radius 3 is 2.47 bits per heavy atom. The Balaban J connectivity index is 2.08. The second-order valence-corrected chi connectivity index (χ2v) is 4.68. The molecule has 0 aliphatic rings. The normalized spacial score (nSPS) is 10.3. The molecule has 0 radical (unpaired) electrons. The van der Waals surface area contributed by atoms with Crippen LogP contribution in [0.2, 0.25) is 0 Å². The molecule has 3 nitrogen and oxygen atoms in total. The van der Waals surface area contributed by atoms with Crippen LogP contribution in [-0.4, -0.2) is 19.1 Å². The van der Waals surface area contributed by atoms with Gasteiger partial charge in [0.15, 0.2) is 0 Å². The third-order valence-corrected chi connectivity index (χ3v) is 3.29. The largest absolute Gasteiger partial charge is 0.373 e. The molecule has 0 aliphatic heterocycles. The maximum Gasteiger partial charge on any atom is 0.125 e. The van der Waals surface area contributed by atoms with Crippen molar-refractivity contribution in [2.45, 2.75) is 19.9 Å². The molecule has 0 atom stereocenters. The van der Waals surface area contributed by atoms with Crippen LogP contribution in [0.15, 0.2) is 42.6 Å². The Morgan fingerprint density at radius 1 is 1.11 bits per heavy atom. The zero-order valence-electron chi connectivity index (χ0n) is 11.9. The molecule has 3 heteroatoms. The van der Waals surface area contributed by atoms with Crippen molar-refractivity contribution in [2.24, 2.45) is 0 Å². The van der Waals surface area contributed by atoms with Crippen LogP contribution in [-0.2, 0) is 13.0 Å². The predicted octanol–water partition coefficient (Wildman–Crippen LogP) is 3.32. The molecule has 1 heterocycles. The Labute approximate surface area is 115 Å². The summed E-state index contributed by atoms with van der Waals surface area (Å²) in [7, 11) is 4.00. The lowest BCUT2D eigenvalue weighted by Gasteiger charge is -2.20. The van der Waals surface area contributed by atoms with E-state index in [1.807, 2.05) is 13.2 Å². The first kappa shape index (κ1) is 13.4. The van der Waals surface area contributed by atoms with Gasteiger partial charge in [-0.3, -0.25) is 0 Å². The minimum atomic E-state index is 0.878. The fourth-order valence-electron chi connectivity index (χ4n) is 2.06. The van der Waals surface area contributed by atoms with Gasteiger partial charge in [-0.05, 0) is 41.8 Å². The molecule has 2 aromatic rings. The quantitative estimate of drug-likeness (QED) is 0.888. The van der Waals surface area contributed by atoms with Crippen molar-refractivity contribution in [3.63, 3.8) is 0 Å². The average Bonchev–Trinajstić information content (AvgIpc) is 2.47. The van der Waals surface area contributed by atoms with Crippen LogP contribution >= 0.6 is 0 Å². The zero-order valence-corrected chi connectivity index (χ0v) is 11.9. The lowest BCUT2D eigenvalue weighted by Crippen LogP contribution is -2.16. The van der Waals surface area contributed by atoms with Crippen LogP contribution < -0.4 is 10.2 Å². The minimum Gasteiger partial charge on any atom is -0.373 e. The first-order chi connectivity index (χ1) is 9.22. The van der Waals surface area contributed by atoms with Crippen LogP contribution in [0.3, 0.4) is 0 Å². The maximum atomic E-state index is 4.23. The SMILES string of the molecule is CCc1ccc(N(C)Cc2ccnc(NC)c2)cc1. The summed E-state index contributed by atoms with van der Waals surface area (Å²) in [6.45, 7) is 3.05. The molecule has 0 fully saturated rings. The average molecular weight is 255 g/mol. The number of pyridine rings is 1. The molecule has 0 saturated heterocycles. The summed E-state index contributed by atoms with van der Waals surface area (Å²) in [5, 5.41) is 3.07. The zero-order chi connectivity index (χ0) is 13.7. The molecule has 0 unspecified atom stereocenters. The molecule has 0 saturated carbocycles. The highest BCUT2D eigenvalue weighted by molar-refractivity contribution is 5.48. The summed E-state index contributed by atoms with van der Waals surface area (Å²) in [4.78, 5) is 6.48. The first-order valence-electron chi connectivity index (χ1n) is 6.65. The second-order valence-electron chi connectivity index (χ2n) is 4.68. The number of nitrogens with zero attached hydrogens (tertiary/aromatic N) is 2. The topological polar surface area (TPSA) is 28.2 Å². The third-order valence-electron chi connectivity index (χ3n) is 3.29. The van der Waals surface area contributed by atoms with Crippen molar-refractivity contribution in [3.05, 3.63) is 53.7 Å². The van der Waals surface area contributed by atoms with Crippen LogP contribution in [0.4, 0.5) is 11.5 Å². The van der Waals surface area contributed by atoms with Crippen molar-refractivity contribution < 1.29 is 0 Å². The highest BCUT2D eigenvalue weighted by Gasteiger charge is 2.03. The van der Waals surface area contributed by atoms with Gasteiger partial charge in [0.25, 0.3) is 0 Å². The van der Waals surface area contributed by atoms with Gasteiger partial charge in [-0.15, -0.1) is 0 Å². The van der Waals surface area contributed by atoms with Gasteiger partial charge < -0.3 is 10.2 Å². The summed E-state index contributed by atoms with van der Waals surface area (Å²) in [5.74, 6) is 0.909. The fourth-order valence-corrected chi connectivity index (χ4v) is 2.06. The van der Waals surface area contributed by atoms with E-state index < -0.39 is 0 Å². The van der Waals surface area contributed by atoms with Gasteiger partial charge in [0.1, 0.15) is 5.82 Å². The Morgan fingerprint density at radius 2 is 1.84 bits per heavy atom. The molecular formula is C16H21N3. The summed E-state index contributed by atoms with van der Waals surface area (Å²) in [6.07, 6.45) is 2.93. The molecule has 1 aromatic heterocycles. The van der Waals surface area contributed by atoms with Gasteiger partial charge in [-0.1, -0.05) is 19.1 Å². The van der Waals surface area contributed by atoms with E-state index in [1.165, 1.54) is 16.8 Å². The highest BCUT2D eigenvalue weighted by Crippen LogP contribution is 2.17. The molecule has 1 N–H and O–H groups in total. The highest BCUT2D eigenvalue weighted by atomic mass is 15.1. The smallest absolute Gasteiger partial charge is 0.125 e. The van der Waals surface area contributed by atoms with Crippen molar-refractivity contribution in [3.8, 4) is 0 Å². The number of aryl methyl sites for hydroxylation is 1. The van der Waals surface area contributed by atoms with Gasteiger partial charge in [0.2, 0.25) is 0 Å². The molecular weight excluding hydrogens is 234 g/mol. The Kier molecular flexibility index (Phi) is 4.39. The molecule has 2 rings (SSSR count). The third kappa shape index (κ3) is 3.47. The molecule has 0 amide bonds. The van der Waals surface area contributed by atoms with Crippen molar-refractivity contribution in [1.82, 2.24) is 4.98 Å². The van der Waals surface area contributed by atoms with E-state index in [1.54, 1.807) is 0 Å². The van der Waals surface area contributed by atoms with Crippen LogP contribution in [0.25, 0.3) is 0 Å². The van der Waals surface area contributed by atoms with Crippen LogP contribution in [0.1, 0.15) is 18.1 Å². The summed E-state index contributed by atoms with van der Waals surface area (Å²) in [6, 6.07) is 12.9. The lowest BCUT2D eigenvalue weighted by molar-refractivity contribution is 0.919. The van der Waals surface area contributed by atoms with E-state index in [2.05, 4.69) is 65.6 Å². The van der Waals surface area contributed by atoms with E-state index in [0.29, 0.717) is 0 Å². The number of hydrogen-bond acceptors (Lipinski definition) is 3. The number of aromatic nitrogens is 1. The van der Waals surface area contributed by atoms with Gasteiger partial charge in [-0.25, -0.2) is 4.98 Å².